The van der Waals surface area contributed by atoms with E-state index in [1.807, 2.05) is 0 Å². The van der Waals surface area contributed by atoms with Gasteiger partial charge in [0.15, 0.2) is 0 Å². The minimum Gasteiger partial charge on any atom is -0.0966 e. The maximum absolute atomic E-state index is 2.47. The maximum atomic E-state index is 2.47. The fourth-order valence-electron chi connectivity index (χ4n) is 3.98. The van der Waals surface area contributed by atoms with Crippen LogP contribution in [0.25, 0.3) is 0 Å². The van der Waals surface area contributed by atoms with Gasteiger partial charge in [-0.25, -0.2) is 0 Å². The van der Waals surface area contributed by atoms with E-state index in [1.165, 1.54) is 12.8 Å². The van der Waals surface area contributed by atoms with Gasteiger partial charge in [-0.3, -0.25) is 0 Å². The van der Waals surface area contributed by atoms with Crippen molar-refractivity contribution in [2.24, 2.45) is 11.8 Å². The van der Waals surface area contributed by atoms with Crippen LogP contribution in [0.5, 0.6) is 0 Å². The molecule has 0 aromatic carbocycles. The van der Waals surface area contributed by atoms with Crippen molar-refractivity contribution in [3.05, 3.63) is 0 Å². The molecule has 1 saturated carbocycles. The van der Waals surface area contributed by atoms with Crippen LogP contribution in [0.3, 0.4) is 0 Å². The highest BCUT2D eigenvalue weighted by molar-refractivity contribution is 7.60. The SMILES string of the molecule is CC(C)C1CCC(C(C)C)P1C1CCCC1. The lowest BCUT2D eigenvalue weighted by atomic mass is 10.0. The summed E-state index contributed by atoms with van der Waals surface area (Å²) in [5, 5.41) is 0. The third-order valence-electron chi connectivity index (χ3n) is 4.81. The Hall–Kier alpha value is 0.430. The first-order valence-electron chi connectivity index (χ1n) is 7.38. The molecule has 1 heteroatoms. The lowest BCUT2D eigenvalue weighted by Gasteiger charge is -2.35. The monoisotopic (exact) mass is 240 g/mol. The van der Waals surface area contributed by atoms with E-state index in [1.54, 1.807) is 25.7 Å². The predicted octanol–water partition coefficient (Wildman–Crippen LogP) is 5.25. The highest BCUT2D eigenvalue weighted by Crippen LogP contribution is 2.65. The Morgan fingerprint density at radius 2 is 1.19 bits per heavy atom. The molecular formula is C15H29P. The molecule has 1 saturated heterocycles. The van der Waals surface area contributed by atoms with Gasteiger partial charge in [0.1, 0.15) is 0 Å². The first kappa shape index (κ1) is 12.9. The molecule has 1 aliphatic carbocycles. The molecule has 0 radical (unpaired) electrons. The Kier molecular flexibility index (Phi) is 4.33. The summed E-state index contributed by atoms with van der Waals surface area (Å²) < 4.78 is 0. The van der Waals surface area contributed by atoms with Gasteiger partial charge >= 0.3 is 0 Å². The first-order chi connectivity index (χ1) is 7.61. The van der Waals surface area contributed by atoms with Crippen molar-refractivity contribution < 1.29 is 0 Å². The number of hydrogen-bond donors (Lipinski definition) is 0. The molecule has 1 heterocycles. The van der Waals surface area contributed by atoms with Crippen LogP contribution >= 0.6 is 7.92 Å². The van der Waals surface area contributed by atoms with Crippen LogP contribution in [0, 0.1) is 11.8 Å². The molecule has 2 atom stereocenters. The molecule has 94 valence electrons. The summed E-state index contributed by atoms with van der Waals surface area (Å²) >= 11 is 0. The third-order valence-corrected chi connectivity index (χ3v) is 9.41. The molecule has 1 aliphatic heterocycles. The van der Waals surface area contributed by atoms with E-state index in [9.17, 15) is 0 Å². The predicted molar refractivity (Wildman–Crippen MR) is 75.7 cm³/mol. The maximum Gasteiger partial charge on any atom is -0.0181 e. The molecule has 2 aliphatic rings. The second-order valence-electron chi connectivity index (χ2n) is 6.59. The average molecular weight is 240 g/mol. The first-order valence-corrected chi connectivity index (χ1v) is 8.93. The fourth-order valence-corrected chi connectivity index (χ4v) is 8.79. The minimum absolute atomic E-state index is 0.348. The topological polar surface area (TPSA) is 0 Å². The van der Waals surface area contributed by atoms with Crippen LogP contribution in [-0.4, -0.2) is 17.0 Å². The third kappa shape index (κ3) is 2.47. The molecule has 2 unspecified atom stereocenters. The zero-order chi connectivity index (χ0) is 11.7. The van der Waals surface area contributed by atoms with E-state index in [0.717, 1.165) is 28.8 Å². The van der Waals surface area contributed by atoms with Gasteiger partial charge in [0, 0.05) is 0 Å². The van der Waals surface area contributed by atoms with Crippen molar-refractivity contribution in [2.75, 3.05) is 0 Å². The Morgan fingerprint density at radius 1 is 0.750 bits per heavy atom. The fraction of sp³-hybridized carbons (Fsp3) is 1.00. The molecule has 16 heavy (non-hydrogen) atoms. The van der Waals surface area contributed by atoms with Gasteiger partial charge in [-0.15, -0.1) is 0 Å². The van der Waals surface area contributed by atoms with Gasteiger partial charge in [-0.05, 0) is 54.5 Å². The molecule has 0 bridgehead atoms. The quantitative estimate of drug-likeness (QED) is 0.591. The van der Waals surface area contributed by atoms with E-state index >= 15 is 0 Å². The molecular weight excluding hydrogens is 211 g/mol. The molecule has 2 rings (SSSR count). The van der Waals surface area contributed by atoms with Crippen molar-refractivity contribution in [3.63, 3.8) is 0 Å². The average Bonchev–Trinajstić information content (AvgIpc) is 2.85. The Labute approximate surface area is 103 Å². The second-order valence-corrected chi connectivity index (χ2v) is 9.54. The molecule has 0 spiro atoms. The zero-order valence-corrected chi connectivity index (χ0v) is 12.5. The van der Waals surface area contributed by atoms with Gasteiger partial charge in [0.05, 0.1) is 0 Å². The summed E-state index contributed by atoms with van der Waals surface area (Å²) in [5.41, 5.74) is 3.35. The van der Waals surface area contributed by atoms with Crippen LogP contribution in [0.15, 0.2) is 0 Å². The summed E-state index contributed by atoms with van der Waals surface area (Å²) in [6.07, 6.45) is 9.28. The molecule has 2 fully saturated rings. The largest absolute Gasteiger partial charge is 0.0966 e. The van der Waals surface area contributed by atoms with Gasteiger partial charge in [0.25, 0.3) is 0 Å². The minimum atomic E-state index is 0.348. The van der Waals surface area contributed by atoms with Crippen molar-refractivity contribution in [1.29, 1.82) is 0 Å². The normalized spacial score (nSPS) is 36.8. The summed E-state index contributed by atoms with van der Waals surface area (Å²) in [4.78, 5) is 0. The zero-order valence-electron chi connectivity index (χ0n) is 11.6. The van der Waals surface area contributed by atoms with Gasteiger partial charge in [-0.1, -0.05) is 48.5 Å². The second kappa shape index (κ2) is 5.38. The van der Waals surface area contributed by atoms with Crippen molar-refractivity contribution >= 4 is 7.92 Å². The molecule has 0 aromatic heterocycles. The van der Waals surface area contributed by atoms with E-state index in [-0.39, 0.29) is 0 Å². The molecule has 0 amide bonds. The highest BCUT2D eigenvalue weighted by Gasteiger charge is 2.42. The Morgan fingerprint density at radius 3 is 1.56 bits per heavy atom. The standard InChI is InChI=1S/C15H29P/c1-11(2)14-9-10-15(12(3)4)16(14)13-7-5-6-8-13/h11-15H,5-10H2,1-4H3. The molecule has 0 nitrogen and oxygen atoms in total. The smallest absolute Gasteiger partial charge is 0.0181 e. The van der Waals surface area contributed by atoms with Crippen LogP contribution in [-0.2, 0) is 0 Å². The van der Waals surface area contributed by atoms with Gasteiger partial charge in [0.2, 0.25) is 0 Å². The number of rotatable bonds is 3. The van der Waals surface area contributed by atoms with E-state index in [0.29, 0.717) is 7.92 Å². The highest BCUT2D eigenvalue weighted by atomic mass is 31.1. The van der Waals surface area contributed by atoms with Crippen LogP contribution in [0.4, 0.5) is 0 Å². The summed E-state index contributed by atoms with van der Waals surface area (Å²) in [6.45, 7) is 9.88. The lowest BCUT2D eigenvalue weighted by Crippen LogP contribution is -2.20. The van der Waals surface area contributed by atoms with Gasteiger partial charge < -0.3 is 0 Å². The Bertz CT molecular complexity index is 199. The van der Waals surface area contributed by atoms with E-state index < -0.39 is 0 Å². The van der Waals surface area contributed by atoms with Gasteiger partial charge in [-0.2, -0.15) is 0 Å². The van der Waals surface area contributed by atoms with E-state index in [4.69, 9.17) is 0 Å². The summed E-state index contributed by atoms with van der Waals surface area (Å²) in [5.74, 6) is 1.88. The summed E-state index contributed by atoms with van der Waals surface area (Å²) in [7, 11) is 0.348. The van der Waals surface area contributed by atoms with Crippen molar-refractivity contribution in [1.82, 2.24) is 0 Å². The van der Waals surface area contributed by atoms with Crippen LogP contribution in [0.1, 0.15) is 66.2 Å². The molecule has 0 aromatic rings. The number of hydrogen-bond acceptors (Lipinski definition) is 0. The van der Waals surface area contributed by atoms with Crippen LogP contribution in [0.2, 0.25) is 0 Å². The van der Waals surface area contributed by atoms with Crippen molar-refractivity contribution in [3.8, 4) is 0 Å². The Balaban J connectivity index is 2.11. The van der Waals surface area contributed by atoms with Crippen LogP contribution < -0.4 is 0 Å². The summed E-state index contributed by atoms with van der Waals surface area (Å²) in [6, 6.07) is 0. The van der Waals surface area contributed by atoms with Crippen molar-refractivity contribution in [2.45, 2.75) is 83.2 Å². The van der Waals surface area contributed by atoms with E-state index in [2.05, 4.69) is 27.7 Å². The molecule has 0 N–H and O–H groups in total. The lowest BCUT2D eigenvalue weighted by molar-refractivity contribution is 0.543.